The van der Waals surface area contributed by atoms with Crippen molar-refractivity contribution in [2.75, 3.05) is 17.7 Å². The average molecular weight is 288 g/mol. The van der Waals surface area contributed by atoms with Crippen LogP contribution in [0.3, 0.4) is 0 Å². The number of carboxylic acids is 1. The van der Waals surface area contributed by atoms with E-state index >= 15 is 0 Å². The molecule has 8 nitrogen and oxygen atoms in total. The number of aromatic carboxylic acids is 1. The first-order valence-electron chi connectivity index (χ1n) is 5.85. The molecule has 0 aliphatic heterocycles. The number of benzene rings is 1. The maximum atomic E-state index is 11.8. The molecule has 2 rings (SSSR count). The van der Waals surface area contributed by atoms with Crippen LogP contribution in [0.1, 0.15) is 10.4 Å². The number of urea groups is 1. The van der Waals surface area contributed by atoms with Gasteiger partial charge in [-0.3, -0.25) is 10.3 Å². The van der Waals surface area contributed by atoms with Gasteiger partial charge >= 0.3 is 12.0 Å². The van der Waals surface area contributed by atoms with E-state index in [-0.39, 0.29) is 17.1 Å². The van der Waals surface area contributed by atoms with Crippen molar-refractivity contribution in [2.24, 2.45) is 0 Å². The highest BCUT2D eigenvalue weighted by atomic mass is 16.5. The Morgan fingerprint density at radius 2 is 2.05 bits per heavy atom. The lowest BCUT2D eigenvalue weighted by molar-refractivity contribution is 0.0698. The van der Waals surface area contributed by atoms with Gasteiger partial charge in [0.1, 0.15) is 5.75 Å². The molecule has 1 heterocycles. The predicted molar refractivity (Wildman–Crippen MR) is 74.6 cm³/mol. The van der Waals surface area contributed by atoms with E-state index in [2.05, 4.69) is 20.6 Å². The van der Waals surface area contributed by atoms with E-state index in [1.54, 1.807) is 0 Å². The number of nitrogens with one attached hydrogen (secondary N) is 2. The molecule has 21 heavy (non-hydrogen) atoms. The second kappa shape index (κ2) is 6.33. The van der Waals surface area contributed by atoms with Crippen molar-refractivity contribution < 1.29 is 19.4 Å². The summed E-state index contributed by atoms with van der Waals surface area (Å²) < 4.78 is 5.00. The van der Waals surface area contributed by atoms with Gasteiger partial charge in [-0.1, -0.05) is 0 Å². The van der Waals surface area contributed by atoms with E-state index < -0.39 is 12.0 Å². The van der Waals surface area contributed by atoms with Gasteiger partial charge in [-0.25, -0.2) is 14.6 Å². The van der Waals surface area contributed by atoms with Crippen molar-refractivity contribution in [2.45, 2.75) is 0 Å². The molecule has 0 radical (unpaired) electrons. The fourth-order valence-electron chi connectivity index (χ4n) is 1.57. The van der Waals surface area contributed by atoms with Gasteiger partial charge in [0.25, 0.3) is 0 Å². The molecule has 2 amide bonds. The number of carboxylic acid groups (broad SMARTS) is 1. The normalized spacial score (nSPS) is 9.76. The lowest BCUT2D eigenvalue weighted by atomic mass is 10.1. The van der Waals surface area contributed by atoms with Crippen molar-refractivity contribution in [3.8, 4) is 5.75 Å². The summed E-state index contributed by atoms with van der Waals surface area (Å²) in [7, 11) is 1.44. The van der Waals surface area contributed by atoms with Gasteiger partial charge in [0, 0.05) is 18.5 Å². The van der Waals surface area contributed by atoms with Crippen molar-refractivity contribution in [1.82, 2.24) is 9.97 Å². The molecule has 108 valence electrons. The number of hydrogen-bond acceptors (Lipinski definition) is 5. The molecule has 8 heteroatoms. The zero-order valence-corrected chi connectivity index (χ0v) is 11.0. The number of nitrogens with zero attached hydrogens (tertiary/aromatic N) is 2. The number of aromatic nitrogens is 2. The predicted octanol–water partition coefficient (Wildman–Crippen LogP) is 1.83. The Morgan fingerprint density at radius 1 is 1.24 bits per heavy atom. The first-order chi connectivity index (χ1) is 10.1. The van der Waals surface area contributed by atoms with Crippen LogP contribution in [0.25, 0.3) is 0 Å². The lowest BCUT2D eigenvalue weighted by Crippen LogP contribution is -2.21. The maximum absolute atomic E-state index is 11.8. The van der Waals surface area contributed by atoms with Gasteiger partial charge in [0.2, 0.25) is 0 Å². The third-order valence-electron chi connectivity index (χ3n) is 2.51. The van der Waals surface area contributed by atoms with Crippen molar-refractivity contribution in [1.29, 1.82) is 0 Å². The fraction of sp³-hybridized carbons (Fsp3) is 0.0769. The van der Waals surface area contributed by atoms with Crippen molar-refractivity contribution >= 4 is 23.5 Å². The molecule has 2 aromatic rings. The van der Waals surface area contributed by atoms with Gasteiger partial charge in [0.05, 0.1) is 24.6 Å². The van der Waals surface area contributed by atoms with E-state index in [9.17, 15) is 9.59 Å². The molecule has 0 saturated carbocycles. The number of rotatable bonds is 4. The minimum atomic E-state index is -1.16. The summed E-state index contributed by atoms with van der Waals surface area (Å²) in [6.07, 6.45) is 4.25. The highest BCUT2D eigenvalue weighted by Gasteiger charge is 2.14. The van der Waals surface area contributed by atoms with Gasteiger partial charge < -0.3 is 15.2 Å². The van der Waals surface area contributed by atoms with Crippen LogP contribution in [0.2, 0.25) is 0 Å². The Bertz CT molecular complexity index is 660. The Kier molecular flexibility index (Phi) is 4.30. The lowest BCUT2D eigenvalue weighted by Gasteiger charge is -2.10. The summed E-state index contributed by atoms with van der Waals surface area (Å²) in [6, 6.07) is 3.62. The minimum Gasteiger partial charge on any atom is -0.497 e. The van der Waals surface area contributed by atoms with E-state index in [1.165, 1.54) is 43.9 Å². The summed E-state index contributed by atoms with van der Waals surface area (Å²) >= 11 is 0. The minimum absolute atomic E-state index is 0.0508. The van der Waals surface area contributed by atoms with Crippen LogP contribution in [-0.2, 0) is 0 Å². The van der Waals surface area contributed by atoms with Gasteiger partial charge in [0.15, 0.2) is 5.82 Å². The number of methoxy groups -OCH3 is 1. The summed E-state index contributed by atoms with van der Waals surface area (Å²) in [5.74, 6) is -0.489. The summed E-state index contributed by atoms with van der Waals surface area (Å²) in [5, 5.41) is 14.0. The standard InChI is InChI=1S/C13H12N4O4/c1-21-8-2-3-9(12(18)19)10(6-8)16-13(20)17-11-7-14-4-5-15-11/h2-7H,1H3,(H,18,19)(H2,15,16,17,20). The number of ether oxygens (including phenoxy) is 1. The molecule has 0 unspecified atom stereocenters. The summed E-state index contributed by atoms with van der Waals surface area (Å²) in [4.78, 5) is 30.6. The second-order valence-electron chi connectivity index (χ2n) is 3.89. The van der Waals surface area contributed by atoms with Crippen LogP contribution in [-0.4, -0.2) is 34.2 Å². The Morgan fingerprint density at radius 3 is 2.67 bits per heavy atom. The van der Waals surface area contributed by atoms with Crippen LogP contribution in [0.4, 0.5) is 16.3 Å². The zero-order chi connectivity index (χ0) is 15.2. The highest BCUT2D eigenvalue weighted by Crippen LogP contribution is 2.22. The van der Waals surface area contributed by atoms with E-state index in [4.69, 9.17) is 9.84 Å². The number of carbonyl (C=O) groups excluding carboxylic acids is 1. The average Bonchev–Trinajstić information content (AvgIpc) is 2.47. The fourth-order valence-corrected chi connectivity index (χ4v) is 1.57. The van der Waals surface area contributed by atoms with Crippen LogP contribution in [0.15, 0.2) is 36.8 Å². The van der Waals surface area contributed by atoms with Gasteiger partial charge in [-0.05, 0) is 12.1 Å². The first kappa shape index (κ1) is 14.3. The van der Waals surface area contributed by atoms with E-state index in [0.29, 0.717) is 5.75 Å². The molecule has 1 aromatic carbocycles. The zero-order valence-electron chi connectivity index (χ0n) is 11.0. The molecule has 0 saturated heterocycles. The van der Waals surface area contributed by atoms with Crippen molar-refractivity contribution in [3.63, 3.8) is 0 Å². The van der Waals surface area contributed by atoms with Crippen LogP contribution < -0.4 is 15.4 Å². The molecule has 0 aliphatic rings. The molecule has 0 atom stereocenters. The number of carbonyl (C=O) groups is 2. The quantitative estimate of drug-likeness (QED) is 0.791. The topological polar surface area (TPSA) is 113 Å². The van der Waals surface area contributed by atoms with Crippen LogP contribution >= 0.6 is 0 Å². The van der Waals surface area contributed by atoms with Gasteiger partial charge in [-0.15, -0.1) is 0 Å². The molecule has 0 spiro atoms. The first-order valence-corrected chi connectivity index (χ1v) is 5.85. The molecule has 0 fully saturated rings. The number of anilines is 2. The Labute approximate surface area is 119 Å². The Balaban J connectivity index is 2.17. The van der Waals surface area contributed by atoms with Crippen molar-refractivity contribution in [3.05, 3.63) is 42.4 Å². The molecule has 0 bridgehead atoms. The molecule has 1 aromatic heterocycles. The molecule has 0 aliphatic carbocycles. The SMILES string of the molecule is COc1ccc(C(=O)O)c(NC(=O)Nc2cnccn2)c1. The number of hydrogen-bond donors (Lipinski definition) is 3. The smallest absolute Gasteiger partial charge is 0.337 e. The maximum Gasteiger partial charge on any atom is 0.337 e. The molecule has 3 N–H and O–H groups in total. The highest BCUT2D eigenvalue weighted by molar-refractivity contribution is 6.04. The third-order valence-corrected chi connectivity index (χ3v) is 2.51. The van der Waals surface area contributed by atoms with E-state index in [0.717, 1.165) is 0 Å². The summed E-state index contributed by atoms with van der Waals surface area (Å²) in [5.41, 5.74) is 0.0633. The van der Waals surface area contributed by atoms with Crippen LogP contribution in [0, 0.1) is 0 Å². The Hall–Kier alpha value is -3.16. The molecular formula is C13H12N4O4. The molecular weight excluding hydrogens is 276 g/mol. The largest absolute Gasteiger partial charge is 0.497 e. The number of amides is 2. The van der Waals surface area contributed by atoms with E-state index in [1.807, 2.05) is 0 Å². The third kappa shape index (κ3) is 3.66. The second-order valence-corrected chi connectivity index (χ2v) is 3.89. The van der Waals surface area contributed by atoms with Gasteiger partial charge in [-0.2, -0.15) is 0 Å². The summed E-state index contributed by atoms with van der Waals surface area (Å²) in [6.45, 7) is 0. The monoisotopic (exact) mass is 288 g/mol. The van der Waals surface area contributed by atoms with Crippen LogP contribution in [0.5, 0.6) is 5.75 Å².